The van der Waals surface area contributed by atoms with Crippen LogP contribution < -0.4 is 21.4 Å². The Hall–Kier alpha value is -4.58. The Labute approximate surface area is 231 Å². The Morgan fingerprint density at radius 2 is 2.05 bits per heavy atom. The molecule has 1 aromatic carbocycles. The molecule has 5 heterocycles. The molecule has 5 N–H and O–H groups in total. The number of H-pyrrole nitrogens is 1. The number of carboxylic acid groups (broad SMARTS) is 1. The Morgan fingerprint density at radius 3 is 2.78 bits per heavy atom. The molecule has 1 aliphatic heterocycles. The minimum atomic E-state index is -1.34. The van der Waals surface area contributed by atoms with Gasteiger partial charge < -0.3 is 30.6 Å². The summed E-state index contributed by atoms with van der Waals surface area (Å²) in [7, 11) is 3.25. The minimum Gasteiger partial charge on any atom is -0.477 e. The summed E-state index contributed by atoms with van der Waals surface area (Å²) in [5.41, 5.74) is 8.51. The van der Waals surface area contributed by atoms with Gasteiger partial charge in [0.25, 0.3) is 0 Å². The van der Waals surface area contributed by atoms with E-state index in [-0.39, 0.29) is 22.3 Å². The second-order valence-electron chi connectivity index (χ2n) is 11.2. The first-order valence-electron chi connectivity index (χ1n) is 13.4. The number of nitrogens with one attached hydrogen (secondary N) is 2. The van der Waals surface area contributed by atoms with E-state index in [0.717, 1.165) is 25.3 Å². The molecule has 210 valence electrons. The lowest BCUT2D eigenvalue weighted by molar-refractivity contribution is 0.0695. The number of anilines is 2. The highest BCUT2D eigenvalue weighted by molar-refractivity contribution is 6.18. The first-order chi connectivity index (χ1) is 19.6. The van der Waals surface area contributed by atoms with Gasteiger partial charge in [0.2, 0.25) is 5.43 Å². The van der Waals surface area contributed by atoms with Crippen molar-refractivity contribution >= 4 is 50.3 Å². The van der Waals surface area contributed by atoms with Crippen molar-refractivity contribution in [1.82, 2.24) is 19.5 Å². The first kappa shape index (κ1) is 25.4. The van der Waals surface area contributed by atoms with Gasteiger partial charge in [-0.05, 0) is 24.8 Å². The van der Waals surface area contributed by atoms with Gasteiger partial charge in [0.05, 0.1) is 33.1 Å². The van der Waals surface area contributed by atoms with Gasteiger partial charge in [0, 0.05) is 68.5 Å². The molecular formula is C29H27F2N7O3. The zero-order chi connectivity index (χ0) is 28.8. The maximum absolute atomic E-state index is 15.6. The molecular weight excluding hydrogens is 532 g/mol. The standard InChI is InChI=1S/C29H27F2N7O3/c1-33-19-7-18(30)22(31)20-21-24(38-10-14-4-3-5-29(14,32)12-38)16(9-34-26(21)36-23(19)20)13-6-15-25(39)17(28(40)41)11-37(2)27(15)35-8-13/h6-9,11,14,33H,3-5,10,12,32H2,1-2H3,(H,34,36)(H,40,41). The molecule has 7 rings (SSSR count). The largest absolute Gasteiger partial charge is 0.477 e. The maximum Gasteiger partial charge on any atom is 0.341 e. The number of aromatic carboxylic acids is 1. The van der Waals surface area contributed by atoms with Crippen LogP contribution in [0, 0.1) is 17.6 Å². The number of benzene rings is 1. The zero-order valence-electron chi connectivity index (χ0n) is 22.4. The van der Waals surface area contributed by atoms with E-state index in [1.165, 1.54) is 10.8 Å². The number of hydrogen-bond donors (Lipinski definition) is 4. The van der Waals surface area contributed by atoms with Crippen LogP contribution in [0.15, 0.2) is 35.5 Å². The molecule has 2 unspecified atom stereocenters. The number of aryl methyl sites for hydroxylation is 1. The summed E-state index contributed by atoms with van der Waals surface area (Å²) in [5.74, 6) is -3.10. The van der Waals surface area contributed by atoms with Crippen LogP contribution in [0.3, 0.4) is 0 Å². The molecule has 2 atom stereocenters. The van der Waals surface area contributed by atoms with Crippen molar-refractivity contribution in [2.75, 3.05) is 30.4 Å². The van der Waals surface area contributed by atoms with Crippen LogP contribution in [-0.2, 0) is 7.05 Å². The maximum atomic E-state index is 15.6. The van der Waals surface area contributed by atoms with Gasteiger partial charge in [-0.1, -0.05) is 6.42 Å². The van der Waals surface area contributed by atoms with Crippen LogP contribution in [0.4, 0.5) is 20.2 Å². The van der Waals surface area contributed by atoms with Crippen molar-refractivity contribution in [2.24, 2.45) is 18.7 Å². The molecule has 0 spiro atoms. The van der Waals surface area contributed by atoms with Gasteiger partial charge in [-0.15, -0.1) is 0 Å². The molecule has 1 saturated heterocycles. The summed E-state index contributed by atoms with van der Waals surface area (Å²) < 4.78 is 32.0. The Kier molecular flexibility index (Phi) is 5.39. The van der Waals surface area contributed by atoms with Gasteiger partial charge in [-0.2, -0.15) is 0 Å². The van der Waals surface area contributed by atoms with Crippen LogP contribution >= 0.6 is 0 Å². The average molecular weight is 560 g/mol. The third-order valence-electron chi connectivity index (χ3n) is 8.84. The predicted molar refractivity (Wildman–Crippen MR) is 152 cm³/mol. The summed E-state index contributed by atoms with van der Waals surface area (Å²) in [5, 5.41) is 13.1. The number of carboxylic acids is 1. The molecule has 0 radical (unpaired) electrons. The SMILES string of the molecule is CNc1cc(F)c(F)c2c1[nH]c1ncc(-c3cnc4c(c3)c(=O)c(C(=O)O)cn4C)c(N3CC4CCCC4(N)C3)c12. The van der Waals surface area contributed by atoms with Gasteiger partial charge >= 0.3 is 5.97 Å². The second kappa shape index (κ2) is 8.71. The number of hydrogen-bond acceptors (Lipinski definition) is 7. The zero-order valence-corrected chi connectivity index (χ0v) is 22.4. The fraction of sp³-hybridized carbons (Fsp3) is 0.310. The molecule has 41 heavy (non-hydrogen) atoms. The first-order valence-corrected chi connectivity index (χ1v) is 13.4. The second-order valence-corrected chi connectivity index (χ2v) is 11.2. The van der Waals surface area contributed by atoms with Crippen molar-refractivity contribution < 1.29 is 18.7 Å². The van der Waals surface area contributed by atoms with Crippen LogP contribution in [0.25, 0.3) is 44.1 Å². The lowest BCUT2D eigenvalue weighted by Gasteiger charge is -2.26. The molecule has 0 bridgehead atoms. The van der Waals surface area contributed by atoms with Gasteiger partial charge in [0.1, 0.15) is 16.9 Å². The smallest absolute Gasteiger partial charge is 0.341 e. The topological polar surface area (TPSA) is 142 Å². The molecule has 12 heteroatoms. The van der Waals surface area contributed by atoms with Crippen molar-refractivity contribution in [3.63, 3.8) is 0 Å². The lowest BCUT2D eigenvalue weighted by atomic mass is 9.92. The quantitative estimate of drug-likeness (QED) is 0.259. The van der Waals surface area contributed by atoms with Crippen molar-refractivity contribution in [1.29, 1.82) is 0 Å². The minimum absolute atomic E-state index is 0.0645. The van der Waals surface area contributed by atoms with Gasteiger partial charge in [-0.3, -0.25) is 4.79 Å². The average Bonchev–Trinajstić information content (AvgIpc) is 3.61. The van der Waals surface area contributed by atoms with Crippen LogP contribution in [-0.4, -0.2) is 56.3 Å². The number of carbonyl (C=O) groups is 1. The van der Waals surface area contributed by atoms with E-state index in [0.29, 0.717) is 57.8 Å². The number of nitrogens with zero attached hydrogens (tertiary/aromatic N) is 4. The summed E-state index contributed by atoms with van der Waals surface area (Å²) in [4.78, 5) is 39.2. The third kappa shape index (κ3) is 3.56. The normalized spacial score (nSPS) is 20.4. The molecule has 10 nitrogen and oxygen atoms in total. The fourth-order valence-electron chi connectivity index (χ4n) is 6.85. The number of pyridine rings is 3. The Bertz CT molecular complexity index is 2000. The number of aromatic nitrogens is 4. The Morgan fingerprint density at radius 1 is 1.24 bits per heavy atom. The van der Waals surface area contributed by atoms with Crippen molar-refractivity contribution in [3.8, 4) is 11.1 Å². The molecule has 2 fully saturated rings. The number of halogens is 2. The lowest BCUT2D eigenvalue weighted by Crippen LogP contribution is -2.44. The van der Waals surface area contributed by atoms with Crippen molar-refractivity contribution in [3.05, 3.63) is 58.1 Å². The summed E-state index contributed by atoms with van der Waals surface area (Å²) >= 11 is 0. The van der Waals surface area contributed by atoms with E-state index < -0.39 is 28.6 Å². The predicted octanol–water partition coefficient (Wildman–Crippen LogP) is 3.97. The van der Waals surface area contributed by atoms with Crippen LogP contribution in [0.2, 0.25) is 0 Å². The number of fused-ring (bicyclic) bond motifs is 5. The highest BCUT2D eigenvalue weighted by atomic mass is 19.2. The number of nitrogens with two attached hydrogens (primary N) is 1. The number of rotatable bonds is 4. The van der Waals surface area contributed by atoms with Crippen LogP contribution in [0.1, 0.15) is 29.6 Å². The molecule has 1 saturated carbocycles. The number of aromatic amines is 1. The van der Waals surface area contributed by atoms with Gasteiger partial charge in [0.15, 0.2) is 11.6 Å². The molecule has 4 aromatic heterocycles. The fourth-order valence-corrected chi connectivity index (χ4v) is 6.85. The van der Waals surface area contributed by atoms with E-state index in [4.69, 9.17) is 5.73 Å². The van der Waals surface area contributed by atoms with Crippen LogP contribution in [0.5, 0.6) is 0 Å². The molecule has 2 aliphatic rings. The Balaban J connectivity index is 1.56. The van der Waals surface area contributed by atoms with Crippen molar-refractivity contribution in [2.45, 2.75) is 24.8 Å². The summed E-state index contributed by atoms with van der Waals surface area (Å²) in [6.07, 6.45) is 7.31. The highest BCUT2D eigenvalue weighted by Crippen LogP contribution is 2.48. The molecule has 1 aliphatic carbocycles. The third-order valence-corrected chi connectivity index (χ3v) is 8.84. The van der Waals surface area contributed by atoms with E-state index >= 15 is 4.39 Å². The van der Waals surface area contributed by atoms with E-state index in [9.17, 15) is 19.1 Å². The molecule has 0 amide bonds. The van der Waals surface area contributed by atoms with E-state index in [1.807, 2.05) is 0 Å². The monoisotopic (exact) mass is 559 g/mol. The van der Waals surface area contributed by atoms with Gasteiger partial charge in [-0.25, -0.2) is 23.5 Å². The molecule has 5 aromatic rings. The highest BCUT2D eigenvalue weighted by Gasteiger charge is 2.47. The van der Waals surface area contributed by atoms with E-state index in [2.05, 4.69) is 25.2 Å². The summed E-state index contributed by atoms with van der Waals surface area (Å²) in [6.45, 7) is 1.13. The summed E-state index contributed by atoms with van der Waals surface area (Å²) in [6, 6.07) is 2.69. The van der Waals surface area contributed by atoms with E-state index in [1.54, 1.807) is 32.6 Å².